The highest BCUT2D eigenvalue weighted by Crippen LogP contribution is 2.14. The molecule has 0 amide bonds. The summed E-state index contributed by atoms with van der Waals surface area (Å²) in [5, 5.41) is 10.5. The summed E-state index contributed by atoms with van der Waals surface area (Å²) in [5.41, 5.74) is 0.540. The second-order valence-corrected chi connectivity index (χ2v) is 3.35. The zero-order valence-corrected chi connectivity index (χ0v) is 9.87. The quantitative estimate of drug-likeness (QED) is 0.253. The highest BCUT2D eigenvalue weighted by atomic mass is 16.6. The molecule has 0 bridgehead atoms. The van der Waals surface area contributed by atoms with Gasteiger partial charge in [-0.25, -0.2) is 4.79 Å². The van der Waals surface area contributed by atoms with Crippen LogP contribution in [0.5, 0.6) is 0 Å². The van der Waals surface area contributed by atoms with E-state index in [1.807, 2.05) is 0 Å². The molecule has 0 spiro atoms. The van der Waals surface area contributed by atoms with Gasteiger partial charge in [0.05, 0.1) is 11.5 Å². The maximum Gasteiger partial charge on any atom is 0.330 e. The molecule has 0 saturated heterocycles. The first-order valence-corrected chi connectivity index (χ1v) is 5.21. The molecule has 0 aromatic heterocycles. The Labute approximate surface area is 104 Å². The summed E-state index contributed by atoms with van der Waals surface area (Å²) in [6.45, 7) is 0.505. The van der Waals surface area contributed by atoms with Gasteiger partial charge in [-0.15, -0.1) is 0 Å². The molecule has 0 fully saturated rings. The van der Waals surface area contributed by atoms with Crippen molar-refractivity contribution in [2.24, 2.45) is 0 Å². The Morgan fingerprint density at radius 1 is 1.44 bits per heavy atom. The van der Waals surface area contributed by atoms with Crippen molar-refractivity contribution in [1.82, 2.24) is 0 Å². The predicted molar refractivity (Wildman–Crippen MR) is 65.0 cm³/mol. The molecule has 0 atom stereocenters. The highest BCUT2D eigenvalue weighted by Gasteiger charge is 2.04. The molecule has 0 aliphatic heterocycles. The Hall–Kier alpha value is -2.21. The lowest BCUT2D eigenvalue weighted by Gasteiger charge is -1.99. The van der Waals surface area contributed by atoms with Crippen LogP contribution in [0.3, 0.4) is 0 Å². The molecule has 0 unspecified atom stereocenters. The first kappa shape index (κ1) is 13.9. The number of rotatable bonds is 6. The molecule has 1 aromatic carbocycles. The van der Waals surface area contributed by atoms with Gasteiger partial charge in [-0.05, 0) is 11.6 Å². The second-order valence-electron chi connectivity index (χ2n) is 3.35. The Kier molecular flexibility index (Phi) is 5.53. The molecule has 96 valence electrons. The zero-order valence-electron chi connectivity index (χ0n) is 9.87. The number of benzene rings is 1. The van der Waals surface area contributed by atoms with E-state index >= 15 is 0 Å². The largest absolute Gasteiger partial charge is 0.460 e. The first-order valence-electron chi connectivity index (χ1n) is 5.21. The Balaban J connectivity index is 2.58. The third-order valence-electron chi connectivity index (χ3n) is 2.02. The predicted octanol–water partition coefficient (Wildman–Crippen LogP) is 1.80. The average molecular weight is 251 g/mol. The Morgan fingerprint density at radius 3 is 2.89 bits per heavy atom. The smallest absolute Gasteiger partial charge is 0.330 e. The van der Waals surface area contributed by atoms with E-state index in [1.54, 1.807) is 12.1 Å². The van der Waals surface area contributed by atoms with Gasteiger partial charge in [0.25, 0.3) is 5.69 Å². The number of methoxy groups -OCH3 is 1. The number of nitro groups is 1. The summed E-state index contributed by atoms with van der Waals surface area (Å²) in [7, 11) is 1.51. The maximum atomic E-state index is 11.2. The fraction of sp³-hybridized carbons (Fsp3) is 0.250. The molecule has 6 nitrogen and oxygen atoms in total. The lowest BCUT2D eigenvalue weighted by molar-refractivity contribution is -0.384. The number of carbonyl (C=O) groups is 1. The number of hydrogen-bond donors (Lipinski definition) is 0. The SMILES string of the molecule is COCCOC(=O)C=Cc1cccc([N+](=O)[O-])c1. The van der Waals surface area contributed by atoms with E-state index in [1.165, 1.54) is 31.4 Å². The van der Waals surface area contributed by atoms with Crippen LogP contribution in [0.25, 0.3) is 6.08 Å². The van der Waals surface area contributed by atoms with Crippen molar-refractivity contribution in [3.63, 3.8) is 0 Å². The van der Waals surface area contributed by atoms with Gasteiger partial charge in [-0.2, -0.15) is 0 Å². The van der Waals surface area contributed by atoms with Crippen LogP contribution in [0.2, 0.25) is 0 Å². The van der Waals surface area contributed by atoms with E-state index in [9.17, 15) is 14.9 Å². The van der Waals surface area contributed by atoms with Crippen LogP contribution >= 0.6 is 0 Å². The van der Waals surface area contributed by atoms with Crippen molar-refractivity contribution in [2.45, 2.75) is 0 Å². The normalized spacial score (nSPS) is 10.5. The maximum absolute atomic E-state index is 11.2. The van der Waals surface area contributed by atoms with Gasteiger partial charge in [0.15, 0.2) is 0 Å². The minimum atomic E-state index is -0.515. The van der Waals surface area contributed by atoms with Crippen LogP contribution < -0.4 is 0 Å². The van der Waals surface area contributed by atoms with Gasteiger partial charge < -0.3 is 9.47 Å². The van der Waals surface area contributed by atoms with Crippen molar-refractivity contribution in [3.05, 3.63) is 46.0 Å². The summed E-state index contributed by atoms with van der Waals surface area (Å²) < 4.78 is 9.52. The molecule has 0 heterocycles. The van der Waals surface area contributed by atoms with Crippen LogP contribution in [0, 0.1) is 10.1 Å². The average Bonchev–Trinajstić information content (AvgIpc) is 2.37. The lowest BCUT2D eigenvalue weighted by Crippen LogP contribution is -2.06. The van der Waals surface area contributed by atoms with Crippen molar-refractivity contribution in [1.29, 1.82) is 0 Å². The van der Waals surface area contributed by atoms with Crippen LogP contribution in [-0.2, 0) is 14.3 Å². The summed E-state index contributed by atoms with van der Waals surface area (Å²) in [6, 6.07) is 5.97. The molecule has 0 aliphatic rings. The van der Waals surface area contributed by atoms with Crippen molar-refractivity contribution >= 4 is 17.7 Å². The van der Waals surface area contributed by atoms with Crippen LogP contribution in [-0.4, -0.2) is 31.2 Å². The molecule has 0 saturated carbocycles. The van der Waals surface area contributed by atoms with Gasteiger partial charge in [0.2, 0.25) is 0 Å². The van der Waals surface area contributed by atoms with E-state index in [2.05, 4.69) is 0 Å². The number of hydrogen-bond acceptors (Lipinski definition) is 5. The summed E-state index contributed by atoms with van der Waals surface area (Å²) in [5.74, 6) is -0.515. The first-order chi connectivity index (χ1) is 8.63. The van der Waals surface area contributed by atoms with Gasteiger partial charge >= 0.3 is 5.97 Å². The van der Waals surface area contributed by atoms with E-state index in [0.717, 1.165) is 0 Å². The Bertz CT molecular complexity index is 456. The molecule has 18 heavy (non-hydrogen) atoms. The number of ether oxygens (including phenoxy) is 2. The molecule has 1 aromatic rings. The van der Waals surface area contributed by atoms with Crippen molar-refractivity contribution in [2.75, 3.05) is 20.3 Å². The summed E-state index contributed by atoms with van der Waals surface area (Å²) >= 11 is 0. The molecule has 0 radical (unpaired) electrons. The van der Waals surface area contributed by atoms with Crippen LogP contribution in [0.4, 0.5) is 5.69 Å². The van der Waals surface area contributed by atoms with E-state index in [-0.39, 0.29) is 12.3 Å². The number of nitrogens with zero attached hydrogens (tertiary/aromatic N) is 1. The minimum Gasteiger partial charge on any atom is -0.460 e. The molecular formula is C12H13NO5. The van der Waals surface area contributed by atoms with E-state index < -0.39 is 10.9 Å². The van der Waals surface area contributed by atoms with E-state index in [0.29, 0.717) is 12.2 Å². The minimum absolute atomic E-state index is 0.0232. The third-order valence-corrected chi connectivity index (χ3v) is 2.02. The van der Waals surface area contributed by atoms with Gasteiger partial charge in [-0.1, -0.05) is 12.1 Å². The molecule has 1 rings (SSSR count). The van der Waals surface area contributed by atoms with Crippen LogP contribution in [0.1, 0.15) is 5.56 Å². The van der Waals surface area contributed by atoms with Crippen molar-refractivity contribution < 1.29 is 19.2 Å². The number of non-ortho nitro benzene ring substituents is 1. The lowest BCUT2D eigenvalue weighted by atomic mass is 10.2. The van der Waals surface area contributed by atoms with Gasteiger partial charge in [0, 0.05) is 25.3 Å². The van der Waals surface area contributed by atoms with E-state index in [4.69, 9.17) is 9.47 Å². The number of nitro benzene ring substituents is 1. The Morgan fingerprint density at radius 2 is 2.22 bits per heavy atom. The van der Waals surface area contributed by atoms with Crippen LogP contribution in [0.15, 0.2) is 30.3 Å². The molecular weight excluding hydrogens is 238 g/mol. The van der Waals surface area contributed by atoms with Crippen molar-refractivity contribution in [3.8, 4) is 0 Å². The fourth-order valence-electron chi connectivity index (χ4n) is 1.18. The molecule has 0 N–H and O–H groups in total. The highest BCUT2D eigenvalue weighted by molar-refractivity contribution is 5.87. The topological polar surface area (TPSA) is 78.7 Å². The summed E-state index contributed by atoms with van der Waals surface area (Å²) in [6.07, 6.45) is 2.68. The number of carbonyl (C=O) groups excluding carboxylic acids is 1. The third kappa shape index (κ3) is 4.75. The standard InChI is InChI=1S/C12H13NO5/c1-17-7-8-18-12(14)6-5-10-3-2-4-11(9-10)13(15)16/h2-6,9H,7-8H2,1H3. The molecule has 0 aliphatic carbocycles. The van der Waals surface area contributed by atoms with Gasteiger partial charge in [0.1, 0.15) is 6.61 Å². The van der Waals surface area contributed by atoms with Gasteiger partial charge in [-0.3, -0.25) is 10.1 Å². The fourth-order valence-corrected chi connectivity index (χ4v) is 1.18. The second kappa shape index (κ2) is 7.18. The summed E-state index contributed by atoms with van der Waals surface area (Å²) in [4.78, 5) is 21.3. The number of esters is 1. The monoisotopic (exact) mass is 251 g/mol. The molecule has 6 heteroatoms. The zero-order chi connectivity index (χ0) is 13.4.